The van der Waals surface area contributed by atoms with Crippen molar-refractivity contribution in [3.05, 3.63) is 42.1 Å². The average molecular weight is 322 g/mol. The van der Waals surface area contributed by atoms with Crippen LogP contribution in [0.25, 0.3) is 10.9 Å². The number of hydrogen-bond donors (Lipinski definition) is 0. The number of aromatic nitrogens is 1. The minimum atomic E-state index is -0.0484. The maximum atomic E-state index is 5.28. The third kappa shape index (κ3) is 4.67. The Morgan fingerprint density at radius 3 is 3.00 bits per heavy atom. The standard InChI is InChI=1S/C15H19N2O2PS/c1-11(18-2)15(17-19-20)10-21-9-12-7-13-5-3-4-6-14(13)16-8-12/h3-8,11H,9-10,20H2,1-2H3. The summed E-state index contributed by atoms with van der Waals surface area (Å²) in [6.45, 7) is 1.96. The van der Waals surface area contributed by atoms with Crippen LogP contribution in [-0.2, 0) is 15.1 Å². The number of pyridine rings is 1. The van der Waals surface area contributed by atoms with Gasteiger partial charge in [-0.1, -0.05) is 23.4 Å². The number of ether oxygens (including phenoxy) is 1. The first-order valence-electron chi connectivity index (χ1n) is 6.61. The minimum Gasteiger partial charge on any atom is -0.383 e. The van der Waals surface area contributed by atoms with Crippen LogP contribution in [0.3, 0.4) is 0 Å². The van der Waals surface area contributed by atoms with E-state index >= 15 is 0 Å². The summed E-state index contributed by atoms with van der Waals surface area (Å²) in [4.78, 5) is 4.47. The van der Waals surface area contributed by atoms with Crippen LogP contribution in [0.15, 0.2) is 41.7 Å². The molecule has 1 heterocycles. The van der Waals surface area contributed by atoms with Crippen molar-refractivity contribution in [1.82, 2.24) is 4.98 Å². The molecule has 2 aromatic rings. The molecule has 1 aromatic carbocycles. The molecule has 0 spiro atoms. The van der Waals surface area contributed by atoms with Gasteiger partial charge in [-0.25, -0.2) is 0 Å². The second-order valence-electron chi connectivity index (χ2n) is 4.60. The molecule has 4 nitrogen and oxygen atoms in total. The van der Waals surface area contributed by atoms with Crippen LogP contribution in [0.2, 0.25) is 0 Å². The number of methoxy groups -OCH3 is 1. The number of benzene rings is 1. The van der Waals surface area contributed by atoms with Gasteiger partial charge in [0.15, 0.2) is 0 Å². The van der Waals surface area contributed by atoms with Gasteiger partial charge in [-0.05, 0) is 24.6 Å². The first kappa shape index (κ1) is 16.2. The van der Waals surface area contributed by atoms with Gasteiger partial charge in [-0.15, -0.1) is 0 Å². The molecule has 1 aromatic heterocycles. The molecule has 112 valence electrons. The minimum absolute atomic E-state index is 0.0484. The summed E-state index contributed by atoms with van der Waals surface area (Å²) in [5, 5.41) is 5.16. The average Bonchev–Trinajstić information content (AvgIpc) is 2.53. The highest BCUT2D eigenvalue weighted by molar-refractivity contribution is 7.99. The fraction of sp³-hybridized carbons (Fsp3) is 0.333. The maximum Gasteiger partial charge on any atom is 0.0965 e. The first-order chi connectivity index (χ1) is 10.2. The van der Waals surface area contributed by atoms with Gasteiger partial charge in [-0.3, -0.25) is 4.98 Å². The lowest BCUT2D eigenvalue weighted by atomic mass is 10.2. The van der Waals surface area contributed by atoms with Crippen LogP contribution >= 0.6 is 21.2 Å². The summed E-state index contributed by atoms with van der Waals surface area (Å²) < 4.78 is 10.1. The zero-order chi connectivity index (χ0) is 15.1. The van der Waals surface area contributed by atoms with E-state index in [-0.39, 0.29) is 6.10 Å². The Kier molecular flexibility index (Phi) is 6.43. The molecule has 21 heavy (non-hydrogen) atoms. The Balaban J connectivity index is 1.96. The third-order valence-electron chi connectivity index (χ3n) is 3.16. The molecule has 0 bridgehead atoms. The van der Waals surface area contributed by atoms with Crippen molar-refractivity contribution >= 4 is 37.8 Å². The van der Waals surface area contributed by atoms with Gasteiger partial charge in [0, 0.05) is 30.2 Å². The summed E-state index contributed by atoms with van der Waals surface area (Å²) in [5.74, 6) is 1.64. The van der Waals surface area contributed by atoms with E-state index in [1.807, 2.05) is 31.3 Å². The van der Waals surface area contributed by atoms with Crippen molar-refractivity contribution < 1.29 is 9.36 Å². The first-order valence-corrected chi connectivity index (χ1v) is 8.24. The van der Waals surface area contributed by atoms with Gasteiger partial charge in [0.1, 0.15) is 0 Å². The molecule has 0 aliphatic rings. The highest BCUT2D eigenvalue weighted by Gasteiger charge is 2.11. The van der Waals surface area contributed by atoms with E-state index in [0.717, 1.165) is 22.7 Å². The number of fused-ring (bicyclic) bond motifs is 1. The molecule has 2 atom stereocenters. The van der Waals surface area contributed by atoms with E-state index < -0.39 is 0 Å². The number of oxime groups is 1. The van der Waals surface area contributed by atoms with Gasteiger partial charge in [0.2, 0.25) is 0 Å². The molecule has 0 fully saturated rings. The van der Waals surface area contributed by atoms with E-state index in [1.54, 1.807) is 18.9 Å². The summed E-state index contributed by atoms with van der Waals surface area (Å²) in [6, 6.07) is 10.3. The highest BCUT2D eigenvalue weighted by atomic mass is 32.2. The van der Waals surface area contributed by atoms with Gasteiger partial charge in [0.25, 0.3) is 0 Å². The highest BCUT2D eigenvalue weighted by Crippen LogP contribution is 2.18. The van der Waals surface area contributed by atoms with E-state index in [9.17, 15) is 0 Å². The summed E-state index contributed by atoms with van der Waals surface area (Å²) in [6.07, 6.45) is 1.88. The summed E-state index contributed by atoms with van der Waals surface area (Å²) in [7, 11) is 3.80. The molecular weight excluding hydrogens is 303 g/mol. The van der Waals surface area contributed by atoms with E-state index in [4.69, 9.17) is 9.36 Å². The van der Waals surface area contributed by atoms with Gasteiger partial charge in [-0.2, -0.15) is 11.8 Å². The van der Waals surface area contributed by atoms with Crippen LogP contribution < -0.4 is 0 Å². The smallest absolute Gasteiger partial charge is 0.0965 e. The Labute approximate surface area is 131 Å². The number of hydrogen-bond acceptors (Lipinski definition) is 5. The van der Waals surface area contributed by atoms with Crippen LogP contribution in [-0.4, -0.2) is 29.7 Å². The lowest BCUT2D eigenvalue weighted by Crippen LogP contribution is -2.21. The zero-order valence-electron chi connectivity index (χ0n) is 12.2. The largest absolute Gasteiger partial charge is 0.383 e. The van der Waals surface area contributed by atoms with Gasteiger partial charge >= 0.3 is 0 Å². The summed E-state index contributed by atoms with van der Waals surface area (Å²) >= 11 is 1.77. The molecule has 0 amide bonds. The normalized spacial score (nSPS) is 13.4. The number of para-hydroxylation sites is 1. The number of nitrogens with zero attached hydrogens (tertiary/aromatic N) is 2. The van der Waals surface area contributed by atoms with Crippen molar-refractivity contribution in [3.8, 4) is 0 Å². The Bertz CT molecular complexity index is 621. The van der Waals surface area contributed by atoms with E-state index in [0.29, 0.717) is 0 Å². The van der Waals surface area contributed by atoms with Gasteiger partial charge < -0.3 is 9.36 Å². The van der Waals surface area contributed by atoms with Crippen molar-refractivity contribution in [2.24, 2.45) is 5.16 Å². The molecule has 0 saturated heterocycles. The molecule has 2 rings (SSSR count). The Morgan fingerprint density at radius 1 is 1.43 bits per heavy atom. The fourth-order valence-electron chi connectivity index (χ4n) is 1.89. The second kappa shape index (κ2) is 8.32. The quantitative estimate of drug-likeness (QED) is 0.443. The molecule has 0 N–H and O–H groups in total. The van der Waals surface area contributed by atoms with Crippen molar-refractivity contribution in [1.29, 1.82) is 0 Å². The number of rotatable bonds is 7. The van der Waals surface area contributed by atoms with E-state index in [2.05, 4.69) is 31.7 Å². The monoisotopic (exact) mass is 322 g/mol. The SMILES string of the molecule is COC(C)C(CSCc1cnc2ccccc2c1)=NOP. The van der Waals surface area contributed by atoms with Crippen molar-refractivity contribution in [2.45, 2.75) is 18.8 Å². The predicted molar refractivity (Wildman–Crippen MR) is 92.6 cm³/mol. The molecule has 0 aliphatic carbocycles. The van der Waals surface area contributed by atoms with Crippen LogP contribution in [0, 0.1) is 0 Å². The van der Waals surface area contributed by atoms with Crippen LogP contribution in [0.5, 0.6) is 0 Å². The second-order valence-corrected chi connectivity index (χ2v) is 5.79. The zero-order valence-corrected chi connectivity index (χ0v) is 14.1. The maximum absolute atomic E-state index is 5.28. The Morgan fingerprint density at radius 2 is 2.24 bits per heavy atom. The van der Waals surface area contributed by atoms with Crippen molar-refractivity contribution in [2.75, 3.05) is 12.9 Å². The summed E-state index contributed by atoms with van der Waals surface area (Å²) in [5.41, 5.74) is 3.11. The predicted octanol–water partition coefficient (Wildman–Crippen LogP) is 3.67. The molecular formula is C15H19N2O2PS. The topological polar surface area (TPSA) is 43.7 Å². The van der Waals surface area contributed by atoms with Crippen LogP contribution in [0.1, 0.15) is 12.5 Å². The van der Waals surface area contributed by atoms with Gasteiger partial charge in [0.05, 0.1) is 26.8 Å². The Hall–Kier alpha value is -1.16. The van der Waals surface area contributed by atoms with E-state index in [1.165, 1.54) is 10.9 Å². The molecule has 6 heteroatoms. The molecule has 0 aliphatic heterocycles. The molecule has 2 unspecified atom stereocenters. The molecule has 0 saturated carbocycles. The fourth-order valence-corrected chi connectivity index (χ4v) is 3.02. The molecule has 0 radical (unpaired) electrons. The lowest BCUT2D eigenvalue weighted by Gasteiger charge is -2.12. The number of thioether (sulfide) groups is 1. The lowest BCUT2D eigenvalue weighted by molar-refractivity contribution is 0.167. The van der Waals surface area contributed by atoms with Crippen molar-refractivity contribution in [3.63, 3.8) is 0 Å². The van der Waals surface area contributed by atoms with Crippen LogP contribution in [0.4, 0.5) is 0 Å². The third-order valence-corrected chi connectivity index (χ3v) is 4.30.